The normalized spacial score (nSPS) is 11.4. The first-order valence-corrected chi connectivity index (χ1v) is 5.94. The number of phenolic OH excluding ortho intramolecular Hbond substituents is 1. The second-order valence-electron chi connectivity index (χ2n) is 4.22. The van der Waals surface area contributed by atoms with Crippen LogP contribution >= 0.6 is 0 Å². The van der Waals surface area contributed by atoms with Crippen LogP contribution in [0.15, 0.2) is 41.6 Å². The molecule has 0 heterocycles. The van der Waals surface area contributed by atoms with Gasteiger partial charge in [0.1, 0.15) is 23.0 Å². The lowest BCUT2D eigenvalue weighted by molar-refractivity contribution is 0.319. The number of hydrogen-bond donors (Lipinski definition) is 2. The van der Waals surface area contributed by atoms with Gasteiger partial charge in [0.25, 0.3) is 0 Å². The number of methoxy groups -OCH3 is 1. The van der Waals surface area contributed by atoms with Crippen molar-refractivity contribution in [3.63, 3.8) is 0 Å². The highest BCUT2D eigenvalue weighted by Gasteiger charge is 2.18. The Kier molecular flexibility index (Phi) is 3.89. The minimum absolute atomic E-state index is 0.0358. The lowest BCUT2D eigenvalue weighted by Crippen LogP contribution is -2.07. The smallest absolute Gasteiger partial charge is 0.132 e. The van der Waals surface area contributed by atoms with Crippen LogP contribution in [-0.4, -0.2) is 23.1 Å². The van der Waals surface area contributed by atoms with Gasteiger partial charge in [-0.3, -0.25) is 0 Å². The van der Waals surface area contributed by atoms with Crippen molar-refractivity contribution in [1.29, 1.82) is 0 Å². The van der Waals surface area contributed by atoms with Gasteiger partial charge in [-0.15, -0.1) is 0 Å². The molecular formula is C15H14FNO3. The molecule has 4 nitrogen and oxygen atoms in total. The third kappa shape index (κ3) is 2.30. The molecule has 2 rings (SSSR count). The van der Waals surface area contributed by atoms with Crippen LogP contribution in [0.4, 0.5) is 4.39 Å². The van der Waals surface area contributed by atoms with Gasteiger partial charge in [-0.25, -0.2) is 4.39 Å². The van der Waals surface area contributed by atoms with Gasteiger partial charge in [0.15, 0.2) is 0 Å². The predicted molar refractivity (Wildman–Crippen MR) is 73.2 cm³/mol. The molecule has 2 aromatic rings. The molecular weight excluding hydrogens is 261 g/mol. The number of aromatic hydroxyl groups is 1. The van der Waals surface area contributed by atoms with Gasteiger partial charge in [-0.1, -0.05) is 17.3 Å². The summed E-state index contributed by atoms with van der Waals surface area (Å²) in [5, 5.41) is 22.5. The predicted octanol–water partition coefficient (Wildman–Crippen LogP) is 3.07. The lowest BCUT2D eigenvalue weighted by atomic mass is 9.98. The van der Waals surface area contributed by atoms with Crippen molar-refractivity contribution >= 4 is 5.71 Å². The highest BCUT2D eigenvalue weighted by molar-refractivity contribution is 6.14. The first-order valence-electron chi connectivity index (χ1n) is 5.94. The quantitative estimate of drug-likeness (QED) is 0.514. The van der Waals surface area contributed by atoms with E-state index < -0.39 is 5.82 Å². The zero-order valence-corrected chi connectivity index (χ0v) is 11.1. The molecule has 0 aromatic heterocycles. The first-order chi connectivity index (χ1) is 9.60. The molecule has 2 N–H and O–H groups in total. The van der Waals surface area contributed by atoms with Crippen molar-refractivity contribution in [3.05, 3.63) is 58.9 Å². The summed E-state index contributed by atoms with van der Waals surface area (Å²) in [6, 6.07) is 9.03. The summed E-state index contributed by atoms with van der Waals surface area (Å²) in [5.41, 5.74) is 0.791. The van der Waals surface area contributed by atoms with Crippen LogP contribution in [0.2, 0.25) is 0 Å². The average Bonchev–Trinajstić information content (AvgIpc) is 2.46. The number of benzene rings is 2. The molecule has 0 fully saturated rings. The molecule has 0 unspecified atom stereocenters. The van der Waals surface area contributed by atoms with E-state index in [0.717, 1.165) is 0 Å². The van der Waals surface area contributed by atoms with Crippen molar-refractivity contribution < 1.29 is 19.4 Å². The Bertz CT molecular complexity index is 668. The Labute approximate surface area is 115 Å². The van der Waals surface area contributed by atoms with Gasteiger partial charge < -0.3 is 15.1 Å². The van der Waals surface area contributed by atoms with Crippen LogP contribution in [0.25, 0.3) is 0 Å². The summed E-state index contributed by atoms with van der Waals surface area (Å²) in [4.78, 5) is 0. The fourth-order valence-corrected chi connectivity index (χ4v) is 2.00. The van der Waals surface area contributed by atoms with E-state index in [2.05, 4.69) is 5.16 Å². The van der Waals surface area contributed by atoms with Gasteiger partial charge in [-0.05, 0) is 31.2 Å². The fraction of sp³-hybridized carbons (Fsp3) is 0.133. The van der Waals surface area contributed by atoms with E-state index in [1.54, 1.807) is 19.1 Å². The van der Waals surface area contributed by atoms with Crippen molar-refractivity contribution in [1.82, 2.24) is 0 Å². The Hall–Kier alpha value is -2.56. The van der Waals surface area contributed by atoms with Gasteiger partial charge in [0.2, 0.25) is 0 Å². The second-order valence-corrected chi connectivity index (χ2v) is 4.22. The van der Waals surface area contributed by atoms with Crippen LogP contribution in [-0.2, 0) is 0 Å². The van der Waals surface area contributed by atoms with E-state index in [4.69, 9.17) is 4.74 Å². The summed E-state index contributed by atoms with van der Waals surface area (Å²) < 4.78 is 18.9. The summed E-state index contributed by atoms with van der Waals surface area (Å²) in [6.07, 6.45) is 0. The minimum Gasteiger partial charge on any atom is -0.507 e. The van der Waals surface area contributed by atoms with Crippen LogP contribution < -0.4 is 4.74 Å². The number of rotatable bonds is 3. The van der Waals surface area contributed by atoms with Crippen LogP contribution in [0, 0.1) is 12.7 Å². The molecule has 0 amide bonds. The number of phenols is 1. The van der Waals surface area contributed by atoms with Gasteiger partial charge in [0.05, 0.1) is 7.11 Å². The molecule has 104 valence electrons. The molecule has 0 aliphatic carbocycles. The molecule has 20 heavy (non-hydrogen) atoms. The van der Waals surface area contributed by atoms with E-state index in [-0.39, 0.29) is 22.6 Å². The molecule has 0 spiro atoms. The standard InChI is InChI=1S/C15H14FNO3/c1-9-13(20-2)8-7-11(15(9)18)14(17-19)10-5-3-4-6-12(10)16/h3-8,18-19H,1-2H3. The van der Waals surface area contributed by atoms with Crippen LogP contribution in [0.3, 0.4) is 0 Å². The maximum Gasteiger partial charge on any atom is 0.132 e. The van der Waals surface area contributed by atoms with Crippen LogP contribution in [0.1, 0.15) is 16.7 Å². The Morgan fingerprint density at radius 1 is 1.15 bits per heavy atom. The monoisotopic (exact) mass is 275 g/mol. The topological polar surface area (TPSA) is 62.0 Å². The second kappa shape index (κ2) is 5.61. The summed E-state index contributed by atoms with van der Waals surface area (Å²) in [7, 11) is 1.49. The van der Waals surface area contributed by atoms with Crippen molar-refractivity contribution in [2.75, 3.05) is 7.11 Å². The first kappa shape index (κ1) is 13.9. The zero-order chi connectivity index (χ0) is 14.7. The van der Waals surface area contributed by atoms with E-state index in [0.29, 0.717) is 11.3 Å². The molecule has 0 aliphatic rings. The molecule has 5 heteroatoms. The van der Waals surface area contributed by atoms with E-state index in [1.807, 2.05) is 0 Å². The van der Waals surface area contributed by atoms with Crippen molar-refractivity contribution in [3.8, 4) is 11.5 Å². The van der Waals surface area contributed by atoms with Crippen molar-refractivity contribution in [2.45, 2.75) is 6.92 Å². The Balaban J connectivity index is 2.61. The maximum atomic E-state index is 13.8. The summed E-state index contributed by atoms with van der Waals surface area (Å²) in [5.74, 6) is -0.148. The Morgan fingerprint density at radius 2 is 1.85 bits per heavy atom. The molecule has 0 bridgehead atoms. The molecule has 0 saturated heterocycles. The summed E-state index contributed by atoms with van der Waals surface area (Å²) in [6.45, 7) is 1.66. The molecule has 2 aromatic carbocycles. The minimum atomic E-state index is -0.534. The van der Waals surface area contributed by atoms with Crippen LogP contribution in [0.5, 0.6) is 11.5 Å². The highest BCUT2D eigenvalue weighted by Crippen LogP contribution is 2.32. The van der Waals surface area contributed by atoms with E-state index >= 15 is 0 Å². The van der Waals surface area contributed by atoms with Gasteiger partial charge in [0, 0.05) is 16.7 Å². The average molecular weight is 275 g/mol. The molecule has 0 radical (unpaired) electrons. The van der Waals surface area contributed by atoms with Gasteiger partial charge in [-0.2, -0.15) is 0 Å². The number of halogens is 1. The van der Waals surface area contributed by atoms with Gasteiger partial charge >= 0.3 is 0 Å². The lowest BCUT2D eigenvalue weighted by Gasteiger charge is -2.12. The number of ether oxygens (including phenoxy) is 1. The number of oxime groups is 1. The van der Waals surface area contributed by atoms with E-state index in [9.17, 15) is 14.7 Å². The Morgan fingerprint density at radius 3 is 2.45 bits per heavy atom. The highest BCUT2D eigenvalue weighted by atomic mass is 19.1. The molecule has 0 saturated carbocycles. The summed E-state index contributed by atoms with van der Waals surface area (Å²) >= 11 is 0. The van der Waals surface area contributed by atoms with Crippen molar-refractivity contribution in [2.24, 2.45) is 5.16 Å². The molecule has 0 atom stereocenters. The third-order valence-electron chi connectivity index (χ3n) is 3.09. The number of nitrogens with zero attached hydrogens (tertiary/aromatic N) is 1. The maximum absolute atomic E-state index is 13.8. The fourth-order valence-electron chi connectivity index (χ4n) is 2.00. The van der Waals surface area contributed by atoms with E-state index in [1.165, 1.54) is 31.4 Å². The zero-order valence-electron chi connectivity index (χ0n) is 11.1. The third-order valence-corrected chi connectivity index (χ3v) is 3.09. The largest absolute Gasteiger partial charge is 0.507 e. The number of hydrogen-bond acceptors (Lipinski definition) is 4. The SMILES string of the molecule is COc1ccc(C(=NO)c2ccccc2F)c(O)c1C. The molecule has 0 aliphatic heterocycles.